The minimum absolute atomic E-state index is 0.0197. The minimum atomic E-state index is -3.49. The number of aryl methyl sites for hydroxylation is 1. The number of sulfonamides is 1. The summed E-state index contributed by atoms with van der Waals surface area (Å²) in [4.78, 5) is 0.258. The summed E-state index contributed by atoms with van der Waals surface area (Å²) < 4.78 is 26.7. The molecule has 1 aromatic carbocycles. The van der Waals surface area contributed by atoms with Crippen LogP contribution < -0.4 is 4.72 Å². The van der Waals surface area contributed by atoms with Crippen molar-refractivity contribution < 1.29 is 13.5 Å². The Labute approximate surface area is 115 Å². The smallest absolute Gasteiger partial charge is 0.241 e. The predicted molar refractivity (Wildman–Crippen MR) is 76.4 cm³/mol. The van der Waals surface area contributed by atoms with Crippen LogP contribution >= 0.6 is 0 Å². The molecule has 0 heterocycles. The Hall–Kier alpha value is -1.17. The molecule has 0 aliphatic carbocycles. The van der Waals surface area contributed by atoms with Crippen molar-refractivity contribution in [1.82, 2.24) is 4.72 Å². The summed E-state index contributed by atoms with van der Waals surface area (Å²) in [6.45, 7) is 5.57. The number of rotatable bonds is 6. The predicted octanol–water partition coefficient (Wildman–Crippen LogP) is 1.85. The van der Waals surface area contributed by atoms with Crippen molar-refractivity contribution in [1.29, 1.82) is 0 Å². The van der Waals surface area contributed by atoms with E-state index in [0.717, 1.165) is 5.56 Å². The van der Waals surface area contributed by atoms with Gasteiger partial charge in [-0.3, -0.25) is 0 Å². The lowest BCUT2D eigenvalue weighted by atomic mass is 10.1. The van der Waals surface area contributed by atoms with Crippen molar-refractivity contribution in [2.75, 3.05) is 6.61 Å². The first-order chi connectivity index (χ1) is 8.85. The lowest BCUT2D eigenvalue weighted by Crippen LogP contribution is -2.31. The van der Waals surface area contributed by atoms with E-state index in [4.69, 9.17) is 5.11 Å². The molecule has 0 radical (unpaired) electrons. The summed E-state index contributed by atoms with van der Waals surface area (Å²) in [5, 5.41) is 8.89. The largest absolute Gasteiger partial charge is 0.396 e. The van der Waals surface area contributed by atoms with Gasteiger partial charge in [0.1, 0.15) is 0 Å². The van der Waals surface area contributed by atoms with Crippen LogP contribution in [-0.4, -0.2) is 26.2 Å². The van der Waals surface area contributed by atoms with Crippen molar-refractivity contribution in [2.45, 2.75) is 31.7 Å². The normalized spacial score (nSPS) is 15.6. The monoisotopic (exact) mass is 283 g/mol. The summed E-state index contributed by atoms with van der Waals surface area (Å²) in [6, 6.07) is 6.39. The quantitative estimate of drug-likeness (QED) is 0.783. The average molecular weight is 283 g/mol. The van der Waals surface area contributed by atoms with Gasteiger partial charge in [-0.1, -0.05) is 36.8 Å². The summed E-state index contributed by atoms with van der Waals surface area (Å²) in [5.41, 5.74) is 1.02. The molecule has 0 aromatic heterocycles. The fourth-order valence-corrected chi connectivity index (χ4v) is 2.69. The molecule has 2 N–H and O–H groups in total. The van der Waals surface area contributed by atoms with Crippen LogP contribution in [-0.2, 0) is 10.0 Å². The number of hydrogen-bond acceptors (Lipinski definition) is 3. The average Bonchev–Trinajstić information content (AvgIpc) is 2.36. The molecule has 19 heavy (non-hydrogen) atoms. The van der Waals surface area contributed by atoms with Crippen molar-refractivity contribution in [3.63, 3.8) is 0 Å². The van der Waals surface area contributed by atoms with Crippen LogP contribution in [0.1, 0.15) is 19.4 Å². The molecular weight excluding hydrogens is 262 g/mol. The summed E-state index contributed by atoms with van der Waals surface area (Å²) in [5.74, 6) is 0.0197. The van der Waals surface area contributed by atoms with Crippen molar-refractivity contribution in [3.05, 3.63) is 42.0 Å². The number of benzene rings is 1. The Balaban J connectivity index is 2.74. The molecule has 0 unspecified atom stereocenters. The van der Waals surface area contributed by atoms with E-state index in [2.05, 4.69) is 4.72 Å². The van der Waals surface area contributed by atoms with Crippen molar-refractivity contribution in [3.8, 4) is 0 Å². The molecule has 0 aliphatic rings. The Bertz CT molecular complexity index is 520. The number of aliphatic hydroxyl groups is 1. The van der Waals surface area contributed by atoms with Crippen molar-refractivity contribution >= 4 is 10.0 Å². The Morgan fingerprint density at radius 2 is 1.79 bits per heavy atom. The SMILES string of the molecule is Cc1ccc(S(=O)(=O)N[C@@H](C)/C=C/[C@H](C)CO)cc1. The molecule has 0 saturated heterocycles. The zero-order chi connectivity index (χ0) is 14.5. The molecule has 0 aliphatic heterocycles. The van der Waals surface area contributed by atoms with Crippen LogP contribution in [0.5, 0.6) is 0 Å². The highest BCUT2D eigenvalue weighted by Gasteiger charge is 2.15. The lowest BCUT2D eigenvalue weighted by molar-refractivity contribution is 0.261. The molecule has 0 amide bonds. The van der Waals surface area contributed by atoms with Gasteiger partial charge in [-0.2, -0.15) is 0 Å². The van der Waals surface area contributed by atoms with Crippen LogP contribution in [0.25, 0.3) is 0 Å². The highest BCUT2D eigenvalue weighted by molar-refractivity contribution is 7.89. The molecule has 4 nitrogen and oxygen atoms in total. The van der Waals surface area contributed by atoms with Gasteiger partial charge in [0.2, 0.25) is 10.0 Å². The number of nitrogens with one attached hydrogen (secondary N) is 1. The summed E-state index contributed by atoms with van der Waals surface area (Å²) >= 11 is 0. The van der Waals surface area contributed by atoms with Gasteiger partial charge in [0.25, 0.3) is 0 Å². The third-order valence-electron chi connectivity index (χ3n) is 2.69. The van der Waals surface area contributed by atoms with E-state index < -0.39 is 10.0 Å². The Kier molecular flexibility index (Phi) is 5.72. The molecule has 0 saturated carbocycles. The van der Waals surface area contributed by atoms with Gasteiger partial charge in [0.15, 0.2) is 0 Å². The van der Waals surface area contributed by atoms with Gasteiger partial charge in [-0.15, -0.1) is 0 Å². The third kappa shape index (κ3) is 5.14. The van der Waals surface area contributed by atoms with E-state index >= 15 is 0 Å². The second-order valence-corrected chi connectivity index (χ2v) is 6.48. The van der Waals surface area contributed by atoms with E-state index in [0.29, 0.717) is 0 Å². The second-order valence-electron chi connectivity index (χ2n) is 4.77. The lowest BCUT2D eigenvalue weighted by Gasteiger charge is -2.11. The molecule has 1 aromatic rings. The second kappa shape index (κ2) is 6.84. The number of aliphatic hydroxyl groups excluding tert-OH is 1. The van der Waals surface area contributed by atoms with Crippen LogP contribution in [0.4, 0.5) is 0 Å². The molecule has 1 rings (SSSR count). The molecule has 0 bridgehead atoms. The fourth-order valence-electron chi connectivity index (χ4n) is 1.49. The molecule has 0 spiro atoms. The van der Waals surface area contributed by atoms with Gasteiger partial charge >= 0.3 is 0 Å². The molecular formula is C14H21NO3S. The standard InChI is InChI=1S/C14H21NO3S/c1-11-5-8-14(9-6-11)19(17,18)15-13(3)7-4-12(2)10-16/h4-9,12-13,15-16H,10H2,1-3H3/b7-4+/t12-,13-/m0/s1. The maximum atomic E-state index is 12.1. The first-order valence-electron chi connectivity index (χ1n) is 6.23. The number of hydrogen-bond donors (Lipinski definition) is 2. The van der Waals surface area contributed by atoms with Gasteiger partial charge in [-0.05, 0) is 31.9 Å². The third-order valence-corrected chi connectivity index (χ3v) is 4.26. The van der Waals surface area contributed by atoms with Crippen LogP contribution in [0.2, 0.25) is 0 Å². The van der Waals surface area contributed by atoms with Crippen LogP contribution in [0.3, 0.4) is 0 Å². The molecule has 2 atom stereocenters. The van der Waals surface area contributed by atoms with Gasteiger partial charge in [0, 0.05) is 12.6 Å². The molecule has 106 valence electrons. The topological polar surface area (TPSA) is 66.4 Å². The van der Waals surface area contributed by atoms with Crippen molar-refractivity contribution in [2.24, 2.45) is 5.92 Å². The highest BCUT2D eigenvalue weighted by atomic mass is 32.2. The minimum Gasteiger partial charge on any atom is -0.396 e. The first-order valence-corrected chi connectivity index (χ1v) is 7.71. The Morgan fingerprint density at radius 1 is 1.21 bits per heavy atom. The van der Waals surface area contributed by atoms with Gasteiger partial charge in [-0.25, -0.2) is 13.1 Å². The van der Waals surface area contributed by atoms with E-state index in [1.165, 1.54) is 0 Å². The van der Waals surface area contributed by atoms with E-state index in [1.54, 1.807) is 43.3 Å². The fraction of sp³-hybridized carbons (Fsp3) is 0.429. The van der Waals surface area contributed by atoms with Crippen LogP contribution in [0.15, 0.2) is 41.3 Å². The zero-order valence-corrected chi connectivity index (χ0v) is 12.3. The zero-order valence-electron chi connectivity index (χ0n) is 11.5. The van der Waals surface area contributed by atoms with E-state index in [-0.39, 0.29) is 23.5 Å². The molecule has 5 heteroatoms. The van der Waals surface area contributed by atoms with Crippen LogP contribution in [0, 0.1) is 12.8 Å². The van der Waals surface area contributed by atoms with Gasteiger partial charge in [0.05, 0.1) is 4.90 Å². The maximum absolute atomic E-state index is 12.1. The Morgan fingerprint density at radius 3 is 2.32 bits per heavy atom. The van der Waals surface area contributed by atoms with E-state index in [9.17, 15) is 8.42 Å². The van der Waals surface area contributed by atoms with E-state index in [1.807, 2.05) is 13.8 Å². The summed E-state index contributed by atoms with van der Waals surface area (Å²) in [7, 11) is -3.49. The first kappa shape index (κ1) is 15.9. The van der Waals surface area contributed by atoms with Gasteiger partial charge < -0.3 is 5.11 Å². The summed E-state index contributed by atoms with van der Waals surface area (Å²) in [6.07, 6.45) is 3.54. The highest BCUT2D eigenvalue weighted by Crippen LogP contribution is 2.10. The molecule has 0 fully saturated rings. The maximum Gasteiger partial charge on any atom is 0.241 e.